The molecule has 1 heterocycles. The van der Waals surface area contributed by atoms with Crippen LogP contribution in [0.3, 0.4) is 0 Å². The van der Waals surface area contributed by atoms with Crippen LogP contribution in [0.1, 0.15) is 82.6 Å². The van der Waals surface area contributed by atoms with Gasteiger partial charge in [0.2, 0.25) is 11.8 Å². The van der Waals surface area contributed by atoms with Crippen molar-refractivity contribution in [3.63, 3.8) is 0 Å². The van der Waals surface area contributed by atoms with Gasteiger partial charge in [0.25, 0.3) is 5.78 Å². The van der Waals surface area contributed by atoms with Crippen LogP contribution < -0.4 is 10.6 Å². The van der Waals surface area contributed by atoms with Crippen LogP contribution in [0.5, 0.6) is 0 Å². The summed E-state index contributed by atoms with van der Waals surface area (Å²) < 4.78 is 10.0. The van der Waals surface area contributed by atoms with E-state index in [9.17, 15) is 24.0 Å². The molecule has 0 aromatic rings. The van der Waals surface area contributed by atoms with Gasteiger partial charge in [-0.25, -0.2) is 9.59 Å². The highest BCUT2D eigenvalue weighted by Crippen LogP contribution is 2.65. The number of fused-ring (bicyclic) bond motifs is 1. The van der Waals surface area contributed by atoms with Crippen LogP contribution in [-0.4, -0.2) is 71.9 Å². The second-order valence-corrected chi connectivity index (χ2v) is 14.5. The third kappa shape index (κ3) is 7.26. The van der Waals surface area contributed by atoms with Gasteiger partial charge in [-0.2, -0.15) is 0 Å². The number of carbonyl (C=O) groups is 5. The molecule has 1 saturated heterocycles. The molecule has 0 aromatic heterocycles. The molecule has 10 nitrogen and oxygen atoms in total. The summed E-state index contributed by atoms with van der Waals surface area (Å²) >= 11 is 0. The molecule has 2 rings (SSSR count). The van der Waals surface area contributed by atoms with E-state index in [1.807, 2.05) is 41.5 Å². The summed E-state index contributed by atoms with van der Waals surface area (Å²) in [5, 5.41) is 5.48. The Kier molecular flexibility index (Phi) is 8.71. The van der Waals surface area contributed by atoms with Crippen LogP contribution in [0.15, 0.2) is 0 Å². The van der Waals surface area contributed by atoms with E-state index in [0.717, 1.165) is 7.11 Å². The van der Waals surface area contributed by atoms with E-state index < -0.39 is 58.8 Å². The lowest BCUT2D eigenvalue weighted by molar-refractivity contribution is -0.153. The molecule has 5 atom stereocenters. The molecule has 1 aliphatic carbocycles. The van der Waals surface area contributed by atoms with Gasteiger partial charge in [0.15, 0.2) is 0 Å². The van der Waals surface area contributed by atoms with Gasteiger partial charge in [-0.3, -0.25) is 14.4 Å². The monoisotopic (exact) mass is 537 g/mol. The van der Waals surface area contributed by atoms with Crippen LogP contribution in [-0.2, 0) is 28.7 Å². The number of alkyl carbamates (subject to hydrolysis) is 1. The first kappa shape index (κ1) is 31.6. The lowest BCUT2D eigenvalue weighted by Crippen LogP contribution is -2.60. The van der Waals surface area contributed by atoms with Gasteiger partial charge in [-0.15, -0.1) is 0 Å². The fourth-order valence-electron chi connectivity index (χ4n) is 5.37. The zero-order valence-electron chi connectivity index (χ0n) is 25.1. The number of hydrogen-bond acceptors (Lipinski definition) is 7. The highest BCUT2D eigenvalue weighted by atomic mass is 16.6. The number of nitrogens with one attached hydrogen (secondary N) is 2. The molecule has 0 bridgehead atoms. The molecule has 1 saturated carbocycles. The number of nitrogens with zero attached hydrogens (tertiary/aromatic N) is 1. The number of methoxy groups -OCH3 is 1. The van der Waals surface area contributed by atoms with E-state index in [0.29, 0.717) is 6.54 Å². The third-order valence-corrected chi connectivity index (χ3v) is 7.37. The Bertz CT molecular complexity index is 968. The normalized spacial score (nSPS) is 24.0. The van der Waals surface area contributed by atoms with E-state index in [4.69, 9.17) is 4.74 Å². The Hall–Kier alpha value is -2.65. The summed E-state index contributed by atoms with van der Waals surface area (Å²) in [4.78, 5) is 66.6. The van der Waals surface area contributed by atoms with Gasteiger partial charge in [-0.05, 0) is 55.3 Å². The molecule has 38 heavy (non-hydrogen) atoms. The molecular weight excluding hydrogens is 490 g/mol. The van der Waals surface area contributed by atoms with Crippen molar-refractivity contribution in [1.29, 1.82) is 0 Å². The van der Waals surface area contributed by atoms with Gasteiger partial charge in [0.1, 0.15) is 17.7 Å². The highest BCUT2D eigenvalue weighted by molar-refractivity contribution is 6.36. The van der Waals surface area contributed by atoms with Gasteiger partial charge >= 0.3 is 12.1 Å². The van der Waals surface area contributed by atoms with Crippen molar-refractivity contribution >= 4 is 29.7 Å². The average molecular weight is 538 g/mol. The summed E-state index contributed by atoms with van der Waals surface area (Å²) in [6, 6.07) is -2.89. The van der Waals surface area contributed by atoms with Gasteiger partial charge in [0, 0.05) is 6.54 Å². The molecule has 10 heteroatoms. The van der Waals surface area contributed by atoms with Crippen LogP contribution >= 0.6 is 0 Å². The molecule has 1 aliphatic heterocycles. The Labute approximate surface area is 226 Å². The van der Waals surface area contributed by atoms with E-state index in [1.54, 1.807) is 20.8 Å². The zero-order chi connectivity index (χ0) is 29.6. The van der Waals surface area contributed by atoms with Crippen LogP contribution in [0.4, 0.5) is 4.79 Å². The van der Waals surface area contributed by atoms with Gasteiger partial charge in [0.05, 0.1) is 13.2 Å². The van der Waals surface area contributed by atoms with Crippen LogP contribution in [0, 0.1) is 28.1 Å². The quantitative estimate of drug-likeness (QED) is 0.377. The molecule has 3 amide bonds. The number of ether oxygens (including phenoxy) is 2. The summed E-state index contributed by atoms with van der Waals surface area (Å²) in [5.74, 6) is -2.76. The SMILES string of the molecule is COC(=O)C(=O)C(CC(C)(C)C)NC(=O)[C@@H]1C2C(CN1C(=O)[C@@H](NC(=O)OC(C)(C)C)C(C)(C)C)C2(C)C. The minimum Gasteiger partial charge on any atom is -0.463 e. The maximum Gasteiger partial charge on any atom is 0.408 e. The topological polar surface area (TPSA) is 131 Å². The Morgan fingerprint density at radius 3 is 1.95 bits per heavy atom. The van der Waals surface area contributed by atoms with Crippen LogP contribution in [0.25, 0.3) is 0 Å². The second kappa shape index (κ2) is 10.5. The molecular formula is C28H47N3O7. The summed E-state index contributed by atoms with van der Waals surface area (Å²) in [6.45, 7) is 20.9. The predicted octanol–water partition coefficient (Wildman–Crippen LogP) is 3.07. The smallest absolute Gasteiger partial charge is 0.408 e. The first-order chi connectivity index (χ1) is 17.0. The lowest BCUT2D eigenvalue weighted by Gasteiger charge is -2.38. The molecule has 2 N–H and O–H groups in total. The van der Waals surface area contributed by atoms with E-state index >= 15 is 0 Å². The summed E-state index contributed by atoms with van der Waals surface area (Å²) in [7, 11) is 1.12. The van der Waals surface area contributed by atoms with Gasteiger partial charge in [-0.1, -0.05) is 55.4 Å². The average Bonchev–Trinajstić information content (AvgIpc) is 3.07. The lowest BCUT2D eigenvalue weighted by atomic mass is 9.85. The molecule has 0 spiro atoms. The number of carbonyl (C=O) groups excluding carboxylic acids is 5. The number of likely N-dealkylation sites (tertiary alicyclic amines) is 1. The summed E-state index contributed by atoms with van der Waals surface area (Å²) in [5.41, 5.74) is -1.96. The zero-order valence-corrected chi connectivity index (χ0v) is 25.1. The van der Waals surface area contributed by atoms with Crippen LogP contribution in [0.2, 0.25) is 0 Å². The van der Waals surface area contributed by atoms with Crippen molar-refractivity contribution < 1.29 is 33.4 Å². The first-order valence-corrected chi connectivity index (χ1v) is 13.2. The Balaban J connectivity index is 2.36. The van der Waals surface area contributed by atoms with E-state index in [2.05, 4.69) is 29.2 Å². The third-order valence-electron chi connectivity index (χ3n) is 7.37. The number of esters is 1. The highest BCUT2D eigenvalue weighted by Gasteiger charge is 2.70. The summed E-state index contributed by atoms with van der Waals surface area (Å²) in [6.07, 6.45) is -0.499. The fraction of sp³-hybridized carbons (Fsp3) is 0.821. The molecule has 0 radical (unpaired) electrons. The standard InChI is InChI=1S/C28H47N3O7/c1-25(2,3)13-16(19(32)23(35)37-12)29-21(33)18-17-15(28(17,10)11)14-31(18)22(34)20(26(4,5)6)30-24(36)38-27(7,8)9/h15-18,20H,13-14H2,1-12H3,(H,29,33)(H,30,36)/t15?,16?,17?,18-,20+/m0/s1. The van der Waals surface area contributed by atoms with Crippen molar-refractivity contribution in [1.82, 2.24) is 15.5 Å². The molecule has 2 fully saturated rings. The van der Waals surface area contributed by atoms with Crippen molar-refractivity contribution in [2.75, 3.05) is 13.7 Å². The molecule has 3 unspecified atom stereocenters. The largest absolute Gasteiger partial charge is 0.463 e. The number of Topliss-reactive ketones (excluding diaryl/α,β-unsaturated/α-hetero) is 1. The number of rotatable bonds is 7. The molecule has 2 aliphatic rings. The van der Waals surface area contributed by atoms with E-state index in [-0.39, 0.29) is 29.1 Å². The number of hydrogen-bond donors (Lipinski definition) is 2. The van der Waals surface area contributed by atoms with Crippen molar-refractivity contribution in [3.8, 4) is 0 Å². The fourth-order valence-corrected chi connectivity index (χ4v) is 5.37. The maximum absolute atomic E-state index is 13.9. The van der Waals surface area contributed by atoms with E-state index in [1.165, 1.54) is 4.90 Å². The molecule has 0 aromatic carbocycles. The molecule has 216 valence electrons. The number of amides is 3. The minimum absolute atomic E-state index is 0.0988. The van der Waals surface area contributed by atoms with Crippen molar-refractivity contribution in [2.45, 2.75) is 106 Å². The maximum atomic E-state index is 13.9. The Morgan fingerprint density at radius 1 is 0.947 bits per heavy atom. The Morgan fingerprint density at radius 2 is 1.50 bits per heavy atom. The first-order valence-electron chi connectivity index (χ1n) is 13.2. The van der Waals surface area contributed by atoms with Crippen molar-refractivity contribution in [2.24, 2.45) is 28.1 Å². The minimum atomic E-state index is -1.09. The second-order valence-electron chi connectivity index (χ2n) is 14.5. The van der Waals surface area contributed by atoms with Crippen molar-refractivity contribution in [3.05, 3.63) is 0 Å². The van der Waals surface area contributed by atoms with Gasteiger partial charge < -0.3 is 25.0 Å². The number of piperidine rings is 1. The number of ketones is 1. The predicted molar refractivity (Wildman–Crippen MR) is 142 cm³/mol.